The minimum absolute atomic E-state index is 0.00744. The van der Waals surface area contributed by atoms with Gasteiger partial charge in [0.1, 0.15) is 5.75 Å². The Kier molecular flexibility index (Phi) is 3.92. The predicted octanol–water partition coefficient (Wildman–Crippen LogP) is 2.13. The van der Waals surface area contributed by atoms with E-state index in [9.17, 15) is 0 Å². The molecular formula is C14H16N2O2. The number of hydrogen-bond acceptors (Lipinski definition) is 4. The van der Waals surface area contributed by atoms with Gasteiger partial charge in [0.2, 0.25) is 5.88 Å². The molecule has 0 unspecified atom stereocenters. The number of nitrogens with zero attached hydrogens (tertiary/aromatic N) is 1. The van der Waals surface area contributed by atoms with Crippen molar-refractivity contribution in [2.24, 2.45) is 5.73 Å². The van der Waals surface area contributed by atoms with E-state index in [1.807, 2.05) is 37.3 Å². The third-order valence-corrected chi connectivity index (χ3v) is 2.53. The SMILES string of the molecule is Cc1cc(CN)cc(Oc2cccc(CO)c2)n1. The molecular weight excluding hydrogens is 228 g/mol. The van der Waals surface area contributed by atoms with Crippen molar-refractivity contribution in [2.45, 2.75) is 20.1 Å². The lowest BCUT2D eigenvalue weighted by Gasteiger charge is -2.08. The van der Waals surface area contributed by atoms with Crippen molar-refractivity contribution in [3.05, 3.63) is 53.2 Å². The van der Waals surface area contributed by atoms with Gasteiger partial charge in [-0.1, -0.05) is 12.1 Å². The Morgan fingerprint density at radius 2 is 2.06 bits per heavy atom. The van der Waals surface area contributed by atoms with Gasteiger partial charge in [-0.25, -0.2) is 4.98 Å². The first kappa shape index (κ1) is 12.5. The molecule has 1 aromatic carbocycles. The highest BCUT2D eigenvalue weighted by atomic mass is 16.5. The number of ether oxygens (including phenoxy) is 1. The van der Waals surface area contributed by atoms with Crippen molar-refractivity contribution in [1.82, 2.24) is 4.98 Å². The Morgan fingerprint density at radius 3 is 2.78 bits per heavy atom. The maximum absolute atomic E-state index is 9.07. The van der Waals surface area contributed by atoms with Crippen LogP contribution in [0.5, 0.6) is 11.6 Å². The van der Waals surface area contributed by atoms with E-state index in [4.69, 9.17) is 15.6 Å². The molecule has 0 amide bonds. The van der Waals surface area contributed by atoms with Gasteiger partial charge in [0, 0.05) is 18.3 Å². The Bertz CT molecular complexity index is 541. The summed E-state index contributed by atoms with van der Waals surface area (Å²) in [6.07, 6.45) is 0. The fourth-order valence-corrected chi connectivity index (χ4v) is 1.71. The molecule has 94 valence electrons. The van der Waals surface area contributed by atoms with E-state index < -0.39 is 0 Å². The first-order valence-electron chi connectivity index (χ1n) is 5.76. The van der Waals surface area contributed by atoms with Gasteiger partial charge in [-0.2, -0.15) is 0 Å². The lowest BCUT2D eigenvalue weighted by molar-refractivity contribution is 0.281. The van der Waals surface area contributed by atoms with E-state index in [0.29, 0.717) is 18.2 Å². The van der Waals surface area contributed by atoms with Crippen molar-refractivity contribution in [1.29, 1.82) is 0 Å². The van der Waals surface area contributed by atoms with Crippen LogP contribution in [-0.2, 0) is 13.2 Å². The summed E-state index contributed by atoms with van der Waals surface area (Å²) in [4.78, 5) is 4.29. The number of aryl methyl sites for hydroxylation is 1. The zero-order chi connectivity index (χ0) is 13.0. The molecule has 4 heteroatoms. The van der Waals surface area contributed by atoms with Crippen molar-refractivity contribution < 1.29 is 9.84 Å². The van der Waals surface area contributed by atoms with Crippen molar-refractivity contribution in [2.75, 3.05) is 0 Å². The first-order chi connectivity index (χ1) is 8.71. The van der Waals surface area contributed by atoms with Gasteiger partial charge >= 0.3 is 0 Å². The molecule has 1 heterocycles. The van der Waals surface area contributed by atoms with Crippen LogP contribution in [0.15, 0.2) is 36.4 Å². The zero-order valence-electron chi connectivity index (χ0n) is 10.3. The average molecular weight is 244 g/mol. The van der Waals surface area contributed by atoms with Gasteiger partial charge in [-0.15, -0.1) is 0 Å². The zero-order valence-corrected chi connectivity index (χ0v) is 10.3. The average Bonchev–Trinajstić information content (AvgIpc) is 2.38. The van der Waals surface area contributed by atoms with Crippen LogP contribution in [-0.4, -0.2) is 10.1 Å². The lowest BCUT2D eigenvalue weighted by atomic mass is 10.2. The van der Waals surface area contributed by atoms with Gasteiger partial charge in [0.25, 0.3) is 0 Å². The highest BCUT2D eigenvalue weighted by molar-refractivity contribution is 5.33. The standard InChI is InChI=1S/C14H16N2O2/c1-10-5-12(8-15)7-14(16-10)18-13-4-2-3-11(6-13)9-17/h2-7,17H,8-9,15H2,1H3. The van der Waals surface area contributed by atoms with Crippen LogP contribution < -0.4 is 10.5 Å². The van der Waals surface area contributed by atoms with Crippen molar-refractivity contribution >= 4 is 0 Å². The molecule has 0 fully saturated rings. The fourth-order valence-electron chi connectivity index (χ4n) is 1.71. The highest BCUT2D eigenvalue weighted by Crippen LogP contribution is 2.22. The molecule has 0 radical (unpaired) electrons. The van der Waals surface area contributed by atoms with Gasteiger partial charge in [0.15, 0.2) is 0 Å². The van der Waals surface area contributed by atoms with Crippen LogP contribution in [0.2, 0.25) is 0 Å². The summed E-state index contributed by atoms with van der Waals surface area (Å²) in [5, 5.41) is 9.07. The smallest absolute Gasteiger partial charge is 0.219 e. The Morgan fingerprint density at radius 1 is 1.22 bits per heavy atom. The second kappa shape index (κ2) is 5.62. The second-order valence-corrected chi connectivity index (χ2v) is 4.07. The summed E-state index contributed by atoms with van der Waals surface area (Å²) in [5.41, 5.74) is 8.26. The summed E-state index contributed by atoms with van der Waals surface area (Å²) >= 11 is 0. The van der Waals surface area contributed by atoms with Crippen LogP contribution in [0.1, 0.15) is 16.8 Å². The molecule has 18 heavy (non-hydrogen) atoms. The molecule has 0 spiro atoms. The number of benzene rings is 1. The van der Waals surface area contributed by atoms with Gasteiger partial charge in [-0.05, 0) is 36.2 Å². The minimum Gasteiger partial charge on any atom is -0.439 e. The monoisotopic (exact) mass is 244 g/mol. The van der Waals surface area contributed by atoms with E-state index in [1.54, 1.807) is 6.07 Å². The van der Waals surface area contributed by atoms with Gasteiger partial charge in [0.05, 0.1) is 6.61 Å². The van der Waals surface area contributed by atoms with Crippen LogP contribution in [0.25, 0.3) is 0 Å². The van der Waals surface area contributed by atoms with E-state index >= 15 is 0 Å². The number of aromatic nitrogens is 1. The minimum atomic E-state index is -0.00744. The third-order valence-electron chi connectivity index (χ3n) is 2.53. The van der Waals surface area contributed by atoms with E-state index in [1.165, 1.54) is 0 Å². The number of rotatable bonds is 4. The molecule has 0 atom stereocenters. The Hall–Kier alpha value is -1.91. The summed E-state index contributed by atoms with van der Waals surface area (Å²) < 4.78 is 5.67. The molecule has 2 rings (SSSR count). The second-order valence-electron chi connectivity index (χ2n) is 4.07. The normalized spacial score (nSPS) is 10.4. The fraction of sp³-hybridized carbons (Fsp3) is 0.214. The predicted molar refractivity (Wildman–Crippen MR) is 69.3 cm³/mol. The summed E-state index contributed by atoms with van der Waals surface area (Å²) in [5.74, 6) is 1.17. The van der Waals surface area contributed by atoms with E-state index in [2.05, 4.69) is 4.98 Å². The summed E-state index contributed by atoms with van der Waals surface area (Å²) in [7, 11) is 0. The number of hydrogen-bond donors (Lipinski definition) is 2. The van der Waals surface area contributed by atoms with Crippen molar-refractivity contribution in [3.63, 3.8) is 0 Å². The first-order valence-corrected chi connectivity index (χ1v) is 5.76. The molecule has 0 aliphatic heterocycles. The maximum Gasteiger partial charge on any atom is 0.219 e. The van der Waals surface area contributed by atoms with Crippen LogP contribution >= 0.6 is 0 Å². The summed E-state index contributed by atoms with van der Waals surface area (Å²) in [6, 6.07) is 11.0. The van der Waals surface area contributed by atoms with E-state index in [-0.39, 0.29) is 6.61 Å². The number of pyridine rings is 1. The molecule has 3 N–H and O–H groups in total. The Labute approximate surface area is 106 Å². The largest absolute Gasteiger partial charge is 0.439 e. The summed E-state index contributed by atoms with van der Waals surface area (Å²) in [6.45, 7) is 2.35. The molecule has 1 aromatic heterocycles. The van der Waals surface area contributed by atoms with Gasteiger partial charge < -0.3 is 15.6 Å². The van der Waals surface area contributed by atoms with Crippen molar-refractivity contribution in [3.8, 4) is 11.6 Å². The number of aliphatic hydroxyl groups excluding tert-OH is 1. The topological polar surface area (TPSA) is 68.4 Å². The van der Waals surface area contributed by atoms with Crippen LogP contribution in [0.4, 0.5) is 0 Å². The third kappa shape index (κ3) is 3.06. The maximum atomic E-state index is 9.07. The van der Waals surface area contributed by atoms with Gasteiger partial charge in [-0.3, -0.25) is 0 Å². The quantitative estimate of drug-likeness (QED) is 0.864. The molecule has 0 saturated carbocycles. The molecule has 0 saturated heterocycles. The number of aliphatic hydroxyl groups is 1. The lowest BCUT2D eigenvalue weighted by Crippen LogP contribution is -1.99. The number of nitrogens with two attached hydrogens (primary N) is 1. The van der Waals surface area contributed by atoms with E-state index in [0.717, 1.165) is 16.8 Å². The molecule has 0 bridgehead atoms. The van der Waals surface area contributed by atoms with Crippen LogP contribution in [0, 0.1) is 6.92 Å². The highest BCUT2D eigenvalue weighted by Gasteiger charge is 2.03. The molecule has 0 aliphatic carbocycles. The Balaban J connectivity index is 2.24. The molecule has 4 nitrogen and oxygen atoms in total. The molecule has 0 aliphatic rings. The molecule has 2 aromatic rings. The van der Waals surface area contributed by atoms with Crippen LogP contribution in [0.3, 0.4) is 0 Å².